The predicted octanol–water partition coefficient (Wildman–Crippen LogP) is 3.27. The summed E-state index contributed by atoms with van der Waals surface area (Å²) in [4.78, 5) is 20.9. The van der Waals surface area contributed by atoms with E-state index in [1.807, 2.05) is 61.5 Å². The van der Waals surface area contributed by atoms with E-state index in [0.717, 1.165) is 11.1 Å². The molecule has 6 nitrogen and oxygen atoms in total. The maximum Gasteiger partial charge on any atom is 0.262 e. The van der Waals surface area contributed by atoms with Gasteiger partial charge in [0.2, 0.25) is 0 Å². The predicted molar refractivity (Wildman–Crippen MR) is 115 cm³/mol. The molecule has 2 heterocycles. The van der Waals surface area contributed by atoms with Crippen LogP contribution < -0.4 is 5.56 Å². The molecular formula is C24H23N3O3. The fourth-order valence-electron chi connectivity index (χ4n) is 3.37. The first-order valence-corrected chi connectivity index (χ1v) is 9.83. The highest BCUT2D eigenvalue weighted by molar-refractivity contribution is 5.72. The maximum absolute atomic E-state index is 12.6. The van der Waals surface area contributed by atoms with Gasteiger partial charge in [0, 0.05) is 6.20 Å². The van der Waals surface area contributed by atoms with Crippen LogP contribution in [0.1, 0.15) is 22.8 Å². The highest BCUT2D eigenvalue weighted by Crippen LogP contribution is 2.26. The molecule has 4 rings (SSSR count). The van der Waals surface area contributed by atoms with Crippen LogP contribution in [0.15, 0.2) is 84.0 Å². The van der Waals surface area contributed by atoms with E-state index < -0.39 is 6.10 Å². The molecule has 0 saturated carbocycles. The Morgan fingerprint density at radius 2 is 1.70 bits per heavy atom. The summed E-state index contributed by atoms with van der Waals surface area (Å²) in [5.74, 6) is 0. The second-order valence-electron chi connectivity index (χ2n) is 7.27. The van der Waals surface area contributed by atoms with Crippen molar-refractivity contribution in [1.29, 1.82) is 0 Å². The number of aromatic nitrogens is 3. The summed E-state index contributed by atoms with van der Waals surface area (Å²) < 4.78 is 7.51. The van der Waals surface area contributed by atoms with Crippen molar-refractivity contribution in [2.24, 2.45) is 0 Å². The topological polar surface area (TPSA) is 77.2 Å². The quantitative estimate of drug-likeness (QED) is 0.514. The van der Waals surface area contributed by atoms with Gasteiger partial charge in [-0.15, -0.1) is 0 Å². The number of nitrogens with zero attached hydrogens (tertiary/aromatic N) is 3. The number of aliphatic hydroxyl groups excluding tert-OH is 1. The molecule has 0 radical (unpaired) electrons. The van der Waals surface area contributed by atoms with E-state index in [1.165, 1.54) is 16.5 Å². The van der Waals surface area contributed by atoms with E-state index in [-0.39, 0.29) is 24.8 Å². The lowest BCUT2D eigenvalue weighted by Crippen LogP contribution is -2.30. The van der Waals surface area contributed by atoms with Crippen molar-refractivity contribution >= 4 is 11.0 Å². The molecule has 0 fully saturated rings. The third kappa shape index (κ3) is 4.45. The normalized spacial score (nSPS) is 13.3. The van der Waals surface area contributed by atoms with Crippen molar-refractivity contribution in [2.45, 2.75) is 25.7 Å². The summed E-state index contributed by atoms with van der Waals surface area (Å²) in [6.07, 6.45) is 1.83. The van der Waals surface area contributed by atoms with E-state index in [2.05, 4.69) is 9.97 Å². The Labute approximate surface area is 174 Å². The third-order valence-corrected chi connectivity index (χ3v) is 4.94. The van der Waals surface area contributed by atoms with Gasteiger partial charge < -0.3 is 9.84 Å². The number of aryl methyl sites for hydroxylation is 1. The highest BCUT2D eigenvalue weighted by atomic mass is 16.5. The molecular weight excluding hydrogens is 378 g/mol. The van der Waals surface area contributed by atoms with Crippen molar-refractivity contribution in [3.63, 3.8) is 0 Å². The van der Waals surface area contributed by atoms with Gasteiger partial charge in [0.25, 0.3) is 5.56 Å². The summed E-state index contributed by atoms with van der Waals surface area (Å²) in [7, 11) is 0. The molecule has 0 saturated heterocycles. The van der Waals surface area contributed by atoms with Crippen LogP contribution in [0.5, 0.6) is 0 Å². The Hall–Kier alpha value is -3.35. The van der Waals surface area contributed by atoms with Crippen molar-refractivity contribution in [2.75, 3.05) is 6.61 Å². The molecule has 4 aromatic rings. The second kappa shape index (κ2) is 8.98. The molecule has 0 aliphatic rings. The SMILES string of the molecule is Cc1ccc([C@@H](OC[C@@H](O)Cn2cnc3ncccc3c2=O)c2ccccc2)cc1. The molecule has 1 N–H and O–H groups in total. The molecule has 6 heteroatoms. The monoisotopic (exact) mass is 401 g/mol. The molecule has 0 aliphatic carbocycles. The molecule has 2 aromatic carbocycles. The number of ether oxygens (including phenoxy) is 1. The van der Waals surface area contributed by atoms with Crippen molar-refractivity contribution in [3.05, 3.63) is 106 Å². The molecule has 2 atom stereocenters. The smallest absolute Gasteiger partial charge is 0.262 e. The van der Waals surface area contributed by atoms with Crippen LogP contribution in [0.4, 0.5) is 0 Å². The molecule has 0 aliphatic heterocycles. The summed E-state index contributed by atoms with van der Waals surface area (Å²) in [6.45, 7) is 2.20. The number of fused-ring (bicyclic) bond motifs is 1. The zero-order valence-corrected chi connectivity index (χ0v) is 16.7. The molecule has 152 valence electrons. The first-order chi connectivity index (χ1) is 14.6. The van der Waals surface area contributed by atoms with Crippen molar-refractivity contribution in [3.8, 4) is 0 Å². The van der Waals surface area contributed by atoms with Crippen molar-refractivity contribution in [1.82, 2.24) is 14.5 Å². The minimum Gasteiger partial charge on any atom is -0.389 e. The largest absolute Gasteiger partial charge is 0.389 e. The van der Waals surface area contributed by atoms with Crippen LogP contribution in [-0.2, 0) is 11.3 Å². The first-order valence-electron chi connectivity index (χ1n) is 9.83. The maximum atomic E-state index is 12.6. The van der Waals surface area contributed by atoms with Crippen LogP contribution in [0.25, 0.3) is 11.0 Å². The molecule has 2 aromatic heterocycles. The lowest BCUT2D eigenvalue weighted by Gasteiger charge is -2.21. The molecule has 0 bridgehead atoms. The summed E-state index contributed by atoms with van der Waals surface area (Å²) in [6, 6.07) is 21.4. The minimum absolute atomic E-state index is 0.0744. The summed E-state index contributed by atoms with van der Waals surface area (Å²) >= 11 is 0. The Bertz CT molecular complexity index is 1170. The molecule has 0 amide bonds. The lowest BCUT2D eigenvalue weighted by atomic mass is 10.0. The van der Waals surface area contributed by atoms with Crippen LogP contribution in [-0.4, -0.2) is 32.4 Å². The Morgan fingerprint density at radius 1 is 0.967 bits per heavy atom. The zero-order valence-electron chi connectivity index (χ0n) is 16.7. The molecule has 30 heavy (non-hydrogen) atoms. The van der Waals surface area contributed by atoms with E-state index in [4.69, 9.17) is 4.74 Å². The summed E-state index contributed by atoms with van der Waals surface area (Å²) in [5.41, 5.74) is 3.35. The van der Waals surface area contributed by atoms with Gasteiger partial charge in [0.05, 0.1) is 24.6 Å². The van der Waals surface area contributed by atoms with Gasteiger partial charge in [-0.25, -0.2) is 9.97 Å². The van der Waals surface area contributed by atoms with Crippen LogP contribution >= 0.6 is 0 Å². The van der Waals surface area contributed by atoms with Gasteiger partial charge in [0.15, 0.2) is 5.65 Å². The van der Waals surface area contributed by atoms with Crippen molar-refractivity contribution < 1.29 is 9.84 Å². The van der Waals surface area contributed by atoms with Gasteiger partial charge in [0.1, 0.15) is 12.4 Å². The number of hydrogen-bond donors (Lipinski definition) is 1. The van der Waals surface area contributed by atoms with Gasteiger partial charge >= 0.3 is 0 Å². The third-order valence-electron chi connectivity index (χ3n) is 4.94. The second-order valence-corrected chi connectivity index (χ2v) is 7.27. The molecule has 0 unspecified atom stereocenters. The van der Waals surface area contributed by atoms with Gasteiger partial charge in [-0.1, -0.05) is 60.2 Å². The Kier molecular flexibility index (Phi) is 5.97. The van der Waals surface area contributed by atoms with E-state index in [1.54, 1.807) is 18.3 Å². The zero-order chi connectivity index (χ0) is 20.9. The van der Waals surface area contributed by atoms with Gasteiger partial charge in [-0.05, 0) is 30.2 Å². The van der Waals surface area contributed by atoms with E-state index >= 15 is 0 Å². The fraction of sp³-hybridized carbons (Fsp3) is 0.208. The summed E-state index contributed by atoms with van der Waals surface area (Å²) in [5, 5.41) is 11.0. The highest BCUT2D eigenvalue weighted by Gasteiger charge is 2.17. The number of benzene rings is 2. The minimum atomic E-state index is -0.865. The number of pyridine rings is 1. The average Bonchev–Trinajstić information content (AvgIpc) is 2.78. The number of rotatable bonds is 7. The Balaban J connectivity index is 1.50. The van der Waals surface area contributed by atoms with Gasteiger partial charge in [-0.2, -0.15) is 0 Å². The lowest BCUT2D eigenvalue weighted by molar-refractivity contribution is -0.000990. The van der Waals surface area contributed by atoms with E-state index in [0.29, 0.717) is 11.0 Å². The number of aliphatic hydroxyl groups is 1. The van der Waals surface area contributed by atoms with E-state index in [9.17, 15) is 9.90 Å². The first kappa shape index (κ1) is 19.9. The van der Waals surface area contributed by atoms with Gasteiger partial charge in [-0.3, -0.25) is 9.36 Å². The van der Waals surface area contributed by atoms with Crippen LogP contribution in [0.3, 0.4) is 0 Å². The fourth-order valence-corrected chi connectivity index (χ4v) is 3.37. The van der Waals surface area contributed by atoms with Crippen LogP contribution in [0.2, 0.25) is 0 Å². The van der Waals surface area contributed by atoms with Crippen LogP contribution in [0, 0.1) is 6.92 Å². The Morgan fingerprint density at radius 3 is 2.47 bits per heavy atom. The molecule has 0 spiro atoms. The standard InChI is InChI=1S/C24H23N3O3/c1-17-9-11-19(12-10-17)22(18-6-3-2-4-7-18)30-15-20(28)14-27-16-26-23-21(24(27)29)8-5-13-25-23/h2-13,16,20,22,28H,14-15H2,1H3/t20-,22-/m0/s1. The number of hydrogen-bond acceptors (Lipinski definition) is 5. The average molecular weight is 401 g/mol.